The van der Waals surface area contributed by atoms with Crippen molar-refractivity contribution < 1.29 is 13.6 Å². The van der Waals surface area contributed by atoms with Gasteiger partial charge in [0.05, 0.1) is 0 Å². The maximum absolute atomic E-state index is 13.3. The van der Waals surface area contributed by atoms with Crippen molar-refractivity contribution in [3.63, 3.8) is 0 Å². The van der Waals surface area contributed by atoms with Gasteiger partial charge in [-0.15, -0.1) is 0 Å². The number of ketones is 1. The number of pyridine rings is 1. The smallest absolute Gasteiger partial charge is 0.230 e. The number of nitrogens with zero attached hydrogens (tertiary/aromatic N) is 1. The van der Waals surface area contributed by atoms with Crippen LogP contribution in [0.15, 0.2) is 41.1 Å². The summed E-state index contributed by atoms with van der Waals surface area (Å²) in [7, 11) is 0. The average molecular weight is 269 g/mol. The van der Waals surface area contributed by atoms with Crippen molar-refractivity contribution in [3.05, 3.63) is 64.9 Å². The first-order valence-electron chi connectivity index (χ1n) is 6.21. The van der Waals surface area contributed by atoms with E-state index in [9.17, 15) is 9.18 Å². The molecule has 2 heterocycles. The fraction of sp³-hybridized carbons (Fsp3) is 0.125. The molecule has 0 amide bonds. The predicted molar refractivity (Wildman–Crippen MR) is 73.3 cm³/mol. The van der Waals surface area contributed by atoms with Gasteiger partial charge in [-0.3, -0.25) is 9.78 Å². The van der Waals surface area contributed by atoms with Gasteiger partial charge in [0.15, 0.2) is 5.76 Å². The fourth-order valence-electron chi connectivity index (χ4n) is 2.22. The van der Waals surface area contributed by atoms with Crippen molar-refractivity contribution in [1.29, 1.82) is 0 Å². The number of benzene rings is 1. The first-order chi connectivity index (χ1) is 9.56. The third kappa shape index (κ3) is 1.99. The van der Waals surface area contributed by atoms with E-state index in [4.69, 9.17) is 4.42 Å². The summed E-state index contributed by atoms with van der Waals surface area (Å²) >= 11 is 0. The SMILES string of the molecule is Cc1cncc(C(=O)c2oc3ccc(F)cc3c2C)c1. The van der Waals surface area contributed by atoms with E-state index in [0.29, 0.717) is 22.1 Å². The lowest BCUT2D eigenvalue weighted by Gasteiger charge is -1.99. The lowest BCUT2D eigenvalue weighted by molar-refractivity contribution is 0.101. The number of aromatic nitrogens is 1. The summed E-state index contributed by atoms with van der Waals surface area (Å²) in [6.45, 7) is 3.62. The van der Waals surface area contributed by atoms with E-state index < -0.39 is 0 Å². The van der Waals surface area contributed by atoms with E-state index in [1.165, 1.54) is 24.4 Å². The molecule has 0 bridgehead atoms. The van der Waals surface area contributed by atoms with Crippen LogP contribution in [0.4, 0.5) is 4.39 Å². The molecule has 0 aliphatic rings. The van der Waals surface area contributed by atoms with Crippen molar-refractivity contribution >= 4 is 16.8 Å². The van der Waals surface area contributed by atoms with Gasteiger partial charge in [0.25, 0.3) is 0 Å². The molecule has 0 fully saturated rings. The van der Waals surface area contributed by atoms with Gasteiger partial charge in [0.1, 0.15) is 11.4 Å². The number of fused-ring (bicyclic) bond motifs is 1. The minimum Gasteiger partial charge on any atom is -0.452 e. The molecule has 0 unspecified atom stereocenters. The molecule has 3 rings (SSSR count). The summed E-state index contributed by atoms with van der Waals surface area (Å²) in [5.74, 6) is -0.356. The van der Waals surface area contributed by atoms with Crippen LogP contribution in [0, 0.1) is 19.7 Å². The summed E-state index contributed by atoms with van der Waals surface area (Å²) in [5.41, 5.74) is 2.52. The van der Waals surface area contributed by atoms with E-state index in [1.54, 1.807) is 19.2 Å². The van der Waals surface area contributed by atoms with Crippen molar-refractivity contribution in [2.45, 2.75) is 13.8 Å². The molecule has 0 saturated carbocycles. The van der Waals surface area contributed by atoms with Crippen LogP contribution >= 0.6 is 0 Å². The van der Waals surface area contributed by atoms with Gasteiger partial charge in [-0.1, -0.05) is 0 Å². The molecule has 1 aromatic carbocycles. The molecule has 0 N–H and O–H groups in total. The molecule has 100 valence electrons. The molecule has 0 atom stereocenters. The summed E-state index contributed by atoms with van der Waals surface area (Å²) in [6.07, 6.45) is 3.18. The summed E-state index contributed by atoms with van der Waals surface area (Å²) in [6, 6.07) is 5.97. The van der Waals surface area contributed by atoms with Gasteiger partial charge < -0.3 is 4.42 Å². The predicted octanol–water partition coefficient (Wildman–Crippen LogP) is 3.81. The second kappa shape index (κ2) is 4.56. The van der Waals surface area contributed by atoms with E-state index in [2.05, 4.69) is 4.98 Å². The number of hydrogen-bond donors (Lipinski definition) is 0. The fourth-order valence-corrected chi connectivity index (χ4v) is 2.22. The van der Waals surface area contributed by atoms with Gasteiger partial charge >= 0.3 is 0 Å². The Morgan fingerprint density at radius 2 is 2.00 bits per heavy atom. The molecule has 3 aromatic rings. The van der Waals surface area contributed by atoms with Crippen LogP contribution < -0.4 is 0 Å². The van der Waals surface area contributed by atoms with E-state index in [-0.39, 0.29) is 17.4 Å². The Hall–Kier alpha value is -2.49. The van der Waals surface area contributed by atoms with Gasteiger partial charge in [-0.05, 0) is 43.7 Å². The molecule has 0 aliphatic carbocycles. The van der Waals surface area contributed by atoms with Crippen LogP contribution in [0.1, 0.15) is 27.2 Å². The minimum atomic E-state index is -0.349. The molecular formula is C16H12FNO2. The first-order valence-corrected chi connectivity index (χ1v) is 6.21. The molecule has 0 aliphatic heterocycles. The van der Waals surface area contributed by atoms with Gasteiger partial charge in [0, 0.05) is 28.9 Å². The highest BCUT2D eigenvalue weighted by Gasteiger charge is 2.19. The number of carbonyl (C=O) groups is 1. The largest absolute Gasteiger partial charge is 0.452 e. The molecule has 0 saturated heterocycles. The zero-order chi connectivity index (χ0) is 14.3. The number of carbonyl (C=O) groups excluding carboxylic acids is 1. The van der Waals surface area contributed by atoms with E-state index >= 15 is 0 Å². The van der Waals surface area contributed by atoms with Crippen molar-refractivity contribution in [3.8, 4) is 0 Å². The Labute approximate surface area is 115 Å². The number of rotatable bonds is 2. The maximum Gasteiger partial charge on any atom is 0.230 e. The van der Waals surface area contributed by atoms with E-state index in [0.717, 1.165) is 5.56 Å². The molecule has 4 heteroatoms. The van der Waals surface area contributed by atoms with Crippen molar-refractivity contribution in [1.82, 2.24) is 4.98 Å². The van der Waals surface area contributed by atoms with Crippen LogP contribution in [0.25, 0.3) is 11.0 Å². The third-order valence-corrected chi connectivity index (χ3v) is 3.24. The third-order valence-electron chi connectivity index (χ3n) is 3.24. The number of aryl methyl sites for hydroxylation is 2. The highest BCUT2D eigenvalue weighted by molar-refractivity contribution is 6.10. The molecule has 3 nitrogen and oxygen atoms in total. The second-order valence-corrected chi connectivity index (χ2v) is 4.78. The molecule has 20 heavy (non-hydrogen) atoms. The maximum atomic E-state index is 13.3. The Balaban J connectivity index is 2.15. The molecule has 0 spiro atoms. The minimum absolute atomic E-state index is 0.234. The summed E-state index contributed by atoms with van der Waals surface area (Å²) in [4.78, 5) is 16.5. The summed E-state index contributed by atoms with van der Waals surface area (Å²) in [5, 5.41) is 0.619. The Bertz CT molecular complexity index is 820. The Morgan fingerprint density at radius 1 is 1.20 bits per heavy atom. The van der Waals surface area contributed by atoms with E-state index in [1.807, 2.05) is 6.92 Å². The van der Waals surface area contributed by atoms with Crippen molar-refractivity contribution in [2.24, 2.45) is 0 Å². The standard InChI is InChI=1S/C16H12FNO2/c1-9-5-11(8-18-7-9)15(19)16-10(2)13-6-12(17)3-4-14(13)20-16/h3-8H,1-2H3. The highest BCUT2D eigenvalue weighted by atomic mass is 19.1. The number of hydrogen-bond acceptors (Lipinski definition) is 3. The Morgan fingerprint density at radius 3 is 2.75 bits per heavy atom. The zero-order valence-corrected chi connectivity index (χ0v) is 11.1. The van der Waals surface area contributed by atoms with Crippen molar-refractivity contribution in [2.75, 3.05) is 0 Å². The highest BCUT2D eigenvalue weighted by Crippen LogP contribution is 2.27. The van der Waals surface area contributed by atoms with Gasteiger partial charge in [0.2, 0.25) is 5.78 Å². The number of halogens is 1. The zero-order valence-electron chi connectivity index (χ0n) is 11.1. The van der Waals surface area contributed by atoms with Crippen LogP contribution in [0.3, 0.4) is 0 Å². The van der Waals surface area contributed by atoms with Crippen LogP contribution in [-0.4, -0.2) is 10.8 Å². The van der Waals surface area contributed by atoms with Crippen LogP contribution in [-0.2, 0) is 0 Å². The van der Waals surface area contributed by atoms with Crippen LogP contribution in [0.2, 0.25) is 0 Å². The lowest BCUT2D eigenvalue weighted by atomic mass is 10.1. The quantitative estimate of drug-likeness (QED) is 0.664. The first kappa shape index (κ1) is 12.5. The monoisotopic (exact) mass is 269 g/mol. The van der Waals surface area contributed by atoms with Crippen LogP contribution in [0.5, 0.6) is 0 Å². The van der Waals surface area contributed by atoms with Gasteiger partial charge in [-0.25, -0.2) is 4.39 Å². The average Bonchev–Trinajstić information content (AvgIpc) is 2.75. The molecule has 0 radical (unpaired) electrons. The number of furan rings is 1. The molecule has 2 aromatic heterocycles. The topological polar surface area (TPSA) is 43.1 Å². The lowest BCUT2D eigenvalue weighted by Crippen LogP contribution is -2.02. The second-order valence-electron chi connectivity index (χ2n) is 4.78. The Kier molecular flexibility index (Phi) is 2.86. The molecular weight excluding hydrogens is 257 g/mol. The summed E-state index contributed by atoms with van der Waals surface area (Å²) < 4.78 is 18.8. The normalized spacial score (nSPS) is 10.9. The van der Waals surface area contributed by atoms with Gasteiger partial charge in [-0.2, -0.15) is 0 Å².